The van der Waals surface area contributed by atoms with E-state index in [0.29, 0.717) is 18.0 Å². The van der Waals surface area contributed by atoms with E-state index in [9.17, 15) is 14.4 Å². The lowest BCUT2D eigenvalue weighted by atomic mass is 10.0. The summed E-state index contributed by atoms with van der Waals surface area (Å²) < 4.78 is 15.3. The Labute approximate surface area is 209 Å². The number of amides is 3. The van der Waals surface area contributed by atoms with Crippen LogP contribution in [0.4, 0.5) is 15.3 Å². The van der Waals surface area contributed by atoms with E-state index >= 15 is 0 Å². The van der Waals surface area contributed by atoms with Crippen molar-refractivity contribution >= 4 is 23.8 Å². The number of rotatable bonds is 10. The molecule has 10 nitrogen and oxygen atoms in total. The van der Waals surface area contributed by atoms with E-state index in [1.165, 1.54) is 7.11 Å². The maximum Gasteiger partial charge on any atom is 0.407 e. The van der Waals surface area contributed by atoms with E-state index < -0.39 is 18.1 Å². The van der Waals surface area contributed by atoms with Gasteiger partial charge in [-0.2, -0.15) is 0 Å². The van der Waals surface area contributed by atoms with E-state index in [4.69, 9.17) is 14.2 Å². The van der Waals surface area contributed by atoms with Crippen LogP contribution in [0.3, 0.4) is 0 Å². The number of hydrogen-bond acceptors (Lipinski definition) is 7. The van der Waals surface area contributed by atoms with E-state index in [1.807, 2.05) is 42.5 Å². The standard InChI is InChI=1S/C26H28N4O6/c1-3-35-26(33)30-23(24(31)34-2)17-36-22-12-7-9-19(15-22)18-8-6-11-20(14-18)29-25(32)28-16-21-10-4-5-13-27-21/h4-15,23H,3,16-17H2,1-2H3,(H,30,33)(H2,28,29,32)/t23-/m0/s1. The minimum atomic E-state index is -1.03. The van der Waals surface area contributed by atoms with Crippen LogP contribution in [-0.4, -0.2) is 49.4 Å². The molecule has 3 N–H and O–H groups in total. The first-order valence-corrected chi connectivity index (χ1v) is 11.3. The first kappa shape index (κ1) is 26.0. The van der Waals surface area contributed by atoms with Gasteiger partial charge < -0.3 is 30.2 Å². The Balaban J connectivity index is 1.62. The quantitative estimate of drug-likeness (QED) is 0.368. The smallest absolute Gasteiger partial charge is 0.407 e. The highest BCUT2D eigenvalue weighted by Crippen LogP contribution is 2.26. The minimum absolute atomic E-state index is 0.146. The van der Waals surface area contributed by atoms with Gasteiger partial charge in [0.1, 0.15) is 12.4 Å². The highest BCUT2D eigenvalue weighted by molar-refractivity contribution is 5.90. The molecule has 0 aliphatic heterocycles. The van der Waals surface area contributed by atoms with Crippen LogP contribution >= 0.6 is 0 Å². The van der Waals surface area contributed by atoms with E-state index in [1.54, 1.807) is 37.4 Å². The molecule has 0 saturated carbocycles. The van der Waals surface area contributed by atoms with Crippen molar-refractivity contribution in [3.8, 4) is 16.9 Å². The van der Waals surface area contributed by atoms with Gasteiger partial charge in [-0.15, -0.1) is 0 Å². The van der Waals surface area contributed by atoms with E-state index in [0.717, 1.165) is 16.8 Å². The highest BCUT2D eigenvalue weighted by atomic mass is 16.6. The van der Waals surface area contributed by atoms with Crippen LogP contribution in [0, 0.1) is 0 Å². The van der Waals surface area contributed by atoms with Crippen LogP contribution in [0.1, 0.15) is 12.6 Å². The number of carbonyl (C=O) groups is 3. The Bertz CT molecular complexity index is 1170. The number of methoxy groups -OCH3 is 1. The van der Waals surface area contributed by atoms with Crippen LogP contribution in [-0.2, 0) is 20.8 Å². The van der Waals surface area contributed by atoms with Gasteiger partial charge in [-0.3, -0.25) is 4.98 Å². The van der Waals surface area contributed by atoms with Gasteiger partial charge in [0.05, 0.1) is 26.0 Å². The number of alkyl carbamates (subject to hydrolysis) is 1. The van der Waals surface area contributed by atoms with Gasteiger partial charge in [0.2, 0.25) is 0 Å². The molecule has 3 aromatic rings. The molecule has 0 fully saturated rings. The average Bonchev–Trinajstić information content (AvgIpc) is 2.90. The number of nitrogens with one attached hydrogen (secondary N) is 3. The van der Waals surface area contributed by atoms with E-state index in [-0.39, 0.29) is 19.2 Å². The van der Waals surface area contributed by atoms with Crippen LogP contribution in [0.25, 0.3) is 11.1 Å². The monoisotopic (exact) mass is 492 g/mol. The van der Waals surface area contributed by atoms with Gasteiger partial charge in [0.15, 0.2) is 6.04 Å². The van der Waals surface area contributed by atoms with Gasteiger partial charge in [0, 0.05) is 11.9 Å². The van der Waals surface area contributed by atoms with Crippen molar-refractivity contribution in [2.75, 3.05) is 25.6 Å². The van der Waals surface area contributed by atoms with Crippen molar-refractivity contribution in [3.05, 3.63) is 78.6 Å². The Morgan fingerprint density at radius 1 is 0.972 bits per heavy atom. The number of esters is 1. The Hall–Kier alpha value is -4.60. The molecule has 3 amide bonds. The third-order valence-electron chi connectivity index (χ3n) is 4.91. The minimum Gasteiger partial charge on any atom is -0.491 e. The Morgan fingerprint density at radius 2 is 1.75 bits per heavy atom. The lowest BCUT2D eigenvalue weighted by Gasteiger charge is -2.17. The number of carbonyl (C=O) groups excluding carboxylic acids is 3. The summed E-state index contributed by atoms with van der Waals surface area (Å²) in [5, 5.41) is 8.00. The normalized spacial score (nSPS) is 11.1. The molecule has 0 unspecified atom stereocenters. The number of pyridine rings is 1. The van der Waals surface area contributed by atoms with Crippen molar-refractivity contribution in [2.45, 2.75) is 19.5 Å². The molecule has 36 heavy (non-hydrogen) atoms. The molecule has 0 aliphatic rings. The lowest BCUT2D eigenvalue weighted by Crippen LogP contribution is -2.45. The van der Waals surface area contributed by atoms with Gasteiger partial charge >= 0.3 is 18.1 Å². The van der Waals surface area contributed by atoms with Crippen LogP contribution < -0.4 is 20.7 Å². The second-order valence-corrected chi connectivity index (χ2v) is 7.49. The fourth-order valence-electron chi connectivity index (χ4n) is 3.20. The largest absolute Gasteiger partial charge is 0.491 e. The molecular weight excluding hydrogens is 464 g/mol. The summed E-state index contributed by atoms with van der Waals surface area (Å²) in [6.45, 7) is 1.99. The third-order valence-corrected chi connectivity index (χ3v) is 4.91. The molecule has 0 saturated heterocycles. The summed E-state index contributed by atoms with van der Waals surface area (Å²) in [7, 11) is 1.22. The summed E-state index contributed by atoms with van der Waals surface area (Å²) >= 11 is 0. The average molecular weight is 493 g/mol. The molecule has 188 valence electrons. The molecule has 3 rings (SSSR count). The molecule has 1 heterocycles. The first-order valence-electron chi connectivity index (χ1n) is 11.3. The number of nitrogens with zero attached hydrogens (tertiary/aromatic N) is 1. The highest BCUT2D eigenvalue weighted by Gasteiger charge is 2.23. The molecule has 10 heteroatoms. The summed E-state index contributed by atoms with van der Waals surface area (Å²) in [6.07, 6.45) is 0.932. The summed E-state index contributed by atoms with van der Waals surface area (Å²) in [5.41, 5.74) is 3.04. The van der Waals surface area contributed by atoms with Crippen LogP contribution in [0.15, 0.2) is 72.9 Å². The van der Waals surface area contributed by atoms with Gasteiger partial charge in [0.25, 0.3) is 0 Å². The SMILES string of the molecule is CCOC(=O)N[C@@H](COc1cccc(-c2cccc(NC(=O)NCc3ccccn3)c2)c1)C(=O)OC. The second kappa shape index (κ2) is 13.3. The lowest BCUT2D eigenvalue weighted by molar-refractivity contribution is -0.143. The zero-order valence-corrected chi connectivity index (χ0v) is 20.0. The molecule has 0 bridgehead atoms. The summed E-state index contributed by atoms with van der Waals surface area (Å²) in [6, 6.07) is 18.7. The predicted molar refractivity (Wildman–Crippen MR) is 133 cm³/mol. The first-order chi connectivity index (χ1) is 17.5. The molecule has 1 atom stereocenters. The number of urea groups is 1. The fourth-order valence-corrected chi connectivity index (χ4v) is 3.20. The second-order valence-electron chi connectivity index (χ2n) is 7.49. The molecule has 2 aromatic carbocycles. The number of benzene rings is 2. The summed E-state index contributed by atoms with van der Waals surface area (Å²) in [4.78, 5) is 40.2. The number of aromatic nitrogens is 1. The zero-order valence-electron chi connectivity index (χ0n) is 20.0. The van der Waals surface area contributed by atoms with Gasteiger partial charge in [-0.1, -0.05) is 30.3 Å². The molecule has 0 spiro atoms. The van der Waals surface area contributed by atoms with E-state index in [2.05, 4.69) is 20.9 Å². The predicted octanol–water partition coefficient (Wildman–Crippen LogP) is 3.74. The maximum atomic E-state index is 12.3. The van der Waals surface area contributed by atoms with Gasteiger partial charge in [-0.25, -0.2) is 14.4 Å². The van der Waals surface area contributed by atoms with Crippen LogP contribution in [0.5, 0.6) is 5.75 Å². The Kier molecular flexibility index (Phi) is 9.63. The zero-order chi connectivity index (χ0) is 25.8. The Morgan fingerprint density at radius 3 is 2.47 bits per heavy atom. The topological polar surface area (TPSA) is 128 Å². The maximum absolute atomic E-state index is 12.3. The molecular formula is C26H28N4O6. The van der Waals surface area contributed by atoms with Gasteiger partial charge in [-0.05, 0) is 54.4 Å². The molecule has 0 radical (unpaired) electrons. The van der Waals surface area contributed by atoms with Crippen molar-refractivity contribution in [1.29, 1.82) is 0 Å². The number of anilines is 1. The van der Waals surface area contributed by atoms with Crippen molar-refractivity contribution in [2.24, 2.45) is 0 Å². The molecule has 0 aliphatic carbocycles. The van der Waals surface area contributed by atoms with Crippen molar-refractivity contribution in [1.82, 2.24) is 15.6 Å². The fraction of sp³-hybridized carbons (Fsp3) is 0.231. The van der Waals surface area contributed by atoms with Crippen molar-refractivity contribution < 1.29 is 28.6 Å². The molecule has 1 aromatic heterocycles. The number of ether oxygens (including phenoxy) is 3. The van der Waals surface area contributed by atoms with Crippen LogP contribution in [0.2, 0.25) is 0 Å². The number of hydrogen-bond donors (Lipinski definition) is 3. The summed E-state index contributed by atoms with van der Waals surface area (Å²) in [5.74, 6) is -0.169. The third kappa shape index (κ3) is 8.01. The van der Waals surface area contributed by atoms with Crippen molar-refractivity contribution in [3.63, 3.8) is 0 Å².